The van der Waals surface area contributed by atoms with Crippen LogP contribution in [0.15, 0.2) is 0 Å². The first-order chi connectivity index (χ1) is 10.6. The van der Waals surface area contributed by atoms with Gasteiger partial charge in [-0.1, -0.05) is 27.7 Å². The van der Waals surface area contributed by atoms with Gasteiger partial charge in [0, 0.05) is 45.3 Å². The van der Waals surface area contributed by atoms with Crippen molar-refractivity contribution in [1.82, 2.24) is 13.5 Å². The fourth-order valence-electron chi connectivity index (χ4n) is 2.76. The summed E-state index contributed by atoms with van der Waals surface area (Å²) in [5.41, 5.74) is 0. The van der Waals surface area contributed by atoms with Gasteiger partial charge in [-0.05, 0) is 38.5 Å². The van der Waals surface area contributed by atoms with Crippen LogP contribution in [0.5, 0.6) is 0 Å². The van der Waals surface area contributed by atoms with Crippen LogP contribution in [-0.2, 0) is 10.2 Å². The van der Waals surface area contributed by atoms with Gasteiger partial charge in [0.05, 0.1) is 0 Å². The maximum Gasteiger partial charge on any atom is 0.282 e. The normalized spacial score (nSPS) is 18.7. The third-order valence-corrected chi connectivity index (χ3v) is 6.60. The first-order valence-electron chi connectivity index (χ1n) is 9.13. The van der Waals surface area contributed by atoms with Crippen molar-refractivity contribution < 1.29 is 8.42 Å². The smallest absolute Gasteiger partial charge is 0.282 e. The lowest BCUT2D eigenvalue weighted by atomic mass is 10.1. The molecule has 1 aliphatic heterocycles. The van der Waals surface area contributed by atoms with E-state index in [2.05, 4.69) is 46.4 Å². The van der Waals surface area contributed by atoms with Crippen molar-refractivity contribution in [3.63, 3.8) is 0 Å². The Bertz CT molecular complexity index is 415. The molecule has 1 fully saturated rings. The second-order valence-corrected chi connectivity index (χ2v) is 9.73. The maximum absolute atomic E-state index is 13.0. The topological polar surface area (TPSA) is 43.9 Å². The quantitative estimate of drug-likeness (QED) is 0.644. The molecule has 6 heteroatoms. The van der Waals surface area contributed by atoms with Gasteiger partial charge in [0.15, 0.2) is 0 Å². The summed E-state index contributed by atoms with van der Waals surface area (Å²) >= 11 is 0. The molecule has 0 spiro atoms. The van der Waals surface area contributed by atoms with E-state index < -0.39 is 10.2 Å². The van der Waals surface area contributed by atoms with E-state index in [1.165, 1.54) is 0 Å². The summed E-state index contributed by atoms with van der Waals surface area (Å²) < 4.78 is 29.4. The Morgan fingerprint density at radius 3 is 1.61 bits per heavy atom. The van der Waals surface area contributed by atoms with Gasteiger partial charge in [-0.25, -0.2) is 0 Å². The Balaban J connectivity index is 2.73. The monoisotopic (exact) mass is 347 g/mol. The molecule has 0 radical (unpaired) electrons. The molecule has 0 aliphatic carbocycles. The molecule has 1 saturated heterocycles. The molecule has 1 rings (SSSR count). The van der Waals surface area contributed by atoms with Crippen LogP contribution in [-0.4, -0.2) is 67.2 Å². The van der Waals surface area contributed by atoms with Crippen molar-refractivity contribution in [2.24, 2.45) is 11.8 Å². The molecule has 1 aliphatic rings. The molecule has 0 aromatic heterocycles. The van der Waals surface area contributed by atoms with Crippen LogP contribution in [0.25, 0.3) is 0 Å². The zero-order valence-electron chi connectivity index (χ0n) is 16.0. The third-order valence-electron chi connectivity index (χ3n) is 4.57. The lowest BCUT2D eigenvalue weighted by Gasteiger charge is -2.38. The summed E-state index contributed by atoms with van der Waals surface area (Å²) in [5, 5.41) is 0. The number of nitrogens with zero attached hydrogens (tertiary/aromatic N) is 3. The molecule has 0 unspecified atom stereocenters. The van der Waals surface area contributed by atoms with E-state index in [1.807, 2.05) is 0 Å². The summed E-state index contributed by atoms with van der Waals surface area (Å²) in [7, 11) is -3.32. The maximum atomic E-state index is 13.0. The molecule has 0 bridgehead atoms. The lowest BCUT2D eigenvalue weighted by Crippen LogP contribution is -2.54. The van der Waals surface area contributed by atoms with Crippen LogP contribution in [0.2, 0.25) is 0 Å². The second-order valence-electron chi connectivity index (χ2n) is 7.80. The minimum Gasteiger partial charge on any atom is -0.298 e. The standard InChI is InChI=1S/C17H37N3O2S/c1-15(2)7-9-19(10-8-16(3)4)23(21,22)20-13-11-18(12-14-20)17(5)6/h15-17H,7-14H2,1-6H3. The van der Waals surface area contributed by atoms with Crippen LogP contribution >= 0.6 is 0 Å². The molecule has 0 amide bonds. The van der Waals surface area contributed by atoms with Crippen LogP contribution in [0.3, 0.4) is 0 Å². The first kappa shape index (κ1) is 20.9. The number of hydrogen-bond acceptors (Lipinski definition) is 3. The Labute approximate surface area is 144 Å². The van der Waals surface area contributed by atoms with Crippen LogP contribution < -0.4 is 0 Å². The molecular weight excluding hydrogens is 310 g/mol. The summed E-state index contributed by atoms with van der Waals surface area (Å²) in [6.45, 7) is 17.1. The van der Waals surface area contributed by atoms with E-state index in [4.69, 9.17) is 0 Å². The van der Waals surface area contributed by atoms with Gasteiger partial charge in [-0.15, -0.1) is 0 Å². The van der Waals surface area contributed by atoms with Gasteiger partial charge >= 0.3 is 0 Å². The summed E-state index contributed by atoms with van der Waals surface area (Å²) in [6.07, 6.45) is 1.84. The van der Waals surface area contributed by atoms with E-state index in [1.54, 1.807) is 8.61 Å². The zero-order valence-corrected chi connectivity index (χ0v) is 16.8. The van der Waals surface area contributed by atoms with Crippen molar-refractivity contribution in [3.8, 4) is 0 Å². The highest BCUT2D eigenvalue weighted by atomic mass is 32.2. The van der Waals surface area contributed by atoms with E-state index in [0.717, 1.165) is 25.9 Å². The van der Waals surface area contributed by atoms with Crippen LogP contribution in [0, 0.1) is 11.8 Å². The highest BCUT2D eigenvalue weighted by molar-refractivity contribution is 7.86. The average molecular weight is 348 g/mol. The van der Waals surface area contributed by atoms with E-state index in [0.29, 0.717) is 44.1 Å². The number of hydrogen-bond donors (Lipinski definition) is 0. The molecule has 1 heterocycles. The molecule has 0 N–H and O–H groups in total. The number of rotatable bonds is 9. The lowest BCUT2D eigenvalue weighted by molar-refractivity contribution is 0.148. The van der Waals surface area contributed by atoms with Crippen molar-refractivity contribution in [1.29, 1.82) is 0 Å². The predicted molar refractivity (Wildman–Crippen MR) is 97.7 cm³/mol. The Hall–Kier alpha value is -0.170. The summed E-state index contributed by atoms with van der Waals surface area (Å²) in [5.74, 6) is 1.04. The minimum absolute atomic E-state index is 0.484. The van der Waals surface area contributed by atoms with Gasteiger partial charge in [0.25, 0.3) is 10.2 Å². The van der Waals surface area contributed by atoms with Gasteiger partial charge in [-0.3, -0.25) is 4.90 Å². The van der Waals surface area contributed by atoms with Gasteiger partial charge in [-0.2, -0.15) is 17.0 Å². The second kappa shape index (κ2) is 9.35. The van der Waals surface area contributed by atoms with E-state index >= 15 is 0 Å². The van der Waals surface area contributed by atoms with Crippen molar-refractivity contribution in [3.05, 3.63) is 0 Å². The highest BCUT2D eigenvalue weighted by Crippen LogP contribution is 2.17. The predicted octanol–water partition coefficient (Wildman–Crippen LogP) is 2.65. The molecule has 0 saturated carbocycles. The van der Waals surface area contributed by atoms with Crippen LogP contribution in [0.1, 0.15) is 54.4 Å². The fraction of sp³-hybridized carbons (Fsp3) is 1.00. The van der Waals surface area contributed by atoms with E-state index in [-0.39, 0.29) is 0 Å². The molecule has 138 valence electrons. The van der Waals surface area contributed by atoms with Crippen molar-refractivity contribution in [2.75, 3.05) is 39.3 Å². The largest absolute Gasteiger partial charge is 0.298 e. The van der Waals surface area contributed by atoms with Crippen molar-refractivity contribution in [2.45, 2.75) is 60.4 Å². The highest BCUT2D eigenvalue weighted by Gasteiger charge is 2.32. The Morgan fingerprint density at radius 2 is 1.26 bits per heavy atom. The molecule has 23 heavy (non-hydrogen) atoms. The Kier molecular flexibility index (Phi) is 8.48. The van der Waals surface area contributed by atoms with E-state index in [9.17, 15) is 8.42 Å². The average Bonchev–Trinajstić information content (AvgIpc) is 2.46. The first-order valence-corrected chi connectivity index (χ1v) is 10.5. The van der Waals surface area contributed by atoms with Gasteiger partial charge in [0.1, 0.15) is 0 Å². The van der Waals surface area contributed by atoms with Gasteiger partial charge < -0.3 is 0 Å². The third kappa shape index (κ3) is 6.69. The minimum atomic E-state index is -3.32. The Morgan fingerprint density at radius 1 is 0.826 bits per heavy atom. The summed E-state index contributed by atoms with van der Waals surface area (Å²) in [4.78, 5) is 2.35. The molecule has 0 aromatic rings. The molecule has 0 aromatic carbocycles. The molecule has 0 atom stereocenters. The fourth-order valence-corrected chi connectivity index (χ4v) is 4.38. The summed E-state index contributed by atoms with van der Waals surface area (Å²) in [6, 6.07) is 0.484. The van der Waals surface area contributed by atoms with Crippen LogP contribution in [0.4, 0.5) is 0 Å². The molecular formula is C17H37N3O2S. The zero-order chi connectivity index (χ0) is 17.6. The number of piperazine rings is 1. The van der Waals surface area contributed by atoms with Gasteiger partial charge in [0.2, 0.25) is 0 Å². The molecule has 5 nitrogen and oxygen atoms in total. The van der Waals surface area contributed by atoms with Crippen molar-refractivity contribution >= 4 is 10.2 Å². The SMILES string of the molecule is CC(C)CCN(CCC(C)C)S(=O)(=O)N1CCN(C(C)C)CC1.